The molecule has 1 rings (SSSR count). The van der Waals surface area contributed by atoms with Crippen LogP contribution in [0, 0.1) is 0 Å². The van der Waals surface area contributed by atoms with Gasteiger partial charge in [0, 0.05) is 13.0 Å². The van der Waals surface area contributed by atoms with E-state index >= 15 is 0 Å². The van der Waals surface area contributed by atoms with E-state index in [9.17, 15) is 9.59 Å². The number of carboxylic acids is 1. The van der Waals surface area contributed by atoms with Crippen molar-refractivity contribution in [3.8, 4) is 0 Å². The zero-order chi connectivity index (χ0) is 11.3. The first kappa shape index (κ1) is 12.0. The Morgan fingerprint density at radius 2 is 1.93 bits per heavy atom. The van der Waals surface area contributed by atoms with Crippen LogP contribution in [0.2, 0.25) is 0 Å². The zero-order valence-corrected chi connectivity index (χ0v) is 8.79. The maximum Gasteiger partial charge on any atom is 0.305 e. The zero-order valence-electron chi connectivity index (χ0n) is 8.79. The maximum absolute atomic E-state index is 11.4. The summed E-state index contributed by atoms with van der Waals surface area (Å²) in [5, 5.41) is 11.6. The van der Waals surface area contributed by atoms with Gasteiger partial charge in [0.25, 0.3) is 0 Å². The van der Waals surface area contributed by atoms with Gasteiger partial charge in [0.05, 0.1) is 12.0 Å². The molecule has 5 nitrogen and oxygen atoms in total. The van der Waals surface area contributed by atoms with Crippen molar-refractivity contribution in [1.82, 2.24) is 5.32 Å². The van der Waals surface area contributed by atoms with Crippen LogP contribution >= 0.6 is 0 Å². The van der Waals surface area contributed by atoms with Crippen molar-refractivity contribution in [2.75, 3.05) is 6.54 Å². The minimum atomic E-state index is -0.857. The molecule has 1 aliphatic rings. The number of carbonyl (C=O) groups is 2. The Labute approximate surface area is 89.0 Å². The Bertz CT molecular complexity index is 247. The van der Waals surface area contributed by atoms with E-state index in [1.807, 2.05) is 0 Å². The predicted octanol–water partition coefficient (Wildman–Crippen LogP) is 0.239. The quantitative estimate of drug-likeness (QED) is 0.611. The summed E-state index contributed by atoms with van der Waals surface area (Å²) in [7, 11) is 0. The first-order valence-electron chi connectivity index (χ1n) is 5.31. The van der Waals surface area contributed by atoms with E-state index in [4.69, 9.17) is 10.8 Å². The molecule has 5 heteroatoms. The molecule has 86 valence electrons. The Hall–Kier alpha value is -1.10. The summed E-state index contributed by atoms with van der Waals surface area (Å²) in [5.41, 5.74) is 4.76. The molecular formula is C10H18N2O3. The lowest BCUT2D eigenvalue weighted by Gasteiger charge is -2.28. The van der Waals surface area contributed by atoms with Crippen LogP contribution in [-0.2, 0) is 9.59 Å². The van der Waals surface area contributed by atoms with Crippen LogP contribution in [0.1, 0.15) is 38.5 Å². The van der Waals surface area contributed by atoms with Gasteiger partial charge >= 0.3 is 5.97 Å². The summed E-state index contributed by atoms with van der Waals surface area (Å²) in [4.78, 5) is 22.1. The summed E-state index contributed by atoms with van der Waals surface area (Å²) >= 11 is 0. The molecule has 1 saturated carbocycles. The molecule has 0 aromatic heterocycles. The third-order valence-corrected chi connectivity index (χ3v) is 2.83. The Morgan fingerprint density at radius 3 is 2.40 bits per heavy atom. The lowest BCUT2D eigenvalue weighted by atomic mass is 9.93. The highest BCUT2D eigenvalue weighted by Crippen LogP contribution is 2.32. The highest BCUT2D eigenvalue weighted by atomic mass is 16.4. The molecule has 15 heavy (non-hydrogen) atoms. The van der Waals surface area contributed by atoms with Gasteiger partial charge in [-0.15, -0.1) is 0 Å². The predicted molar refractivity (Wildman–Crippen MR) is 55.3 cm³/mol. The number of carbonyl (C=O) groups excluding carboxylic acids is 1. The lowest BCUT2D eigenvalue weighted by Crippen LogP contribution is -2.48. The molecular weight excluding hydrogens is 196 g/mol. The number of hydrogen-bond donors (Lipinski definition) is 3. The van der Waals surface area contributed by atoms with Crippen LogP contribution < -0.4 is 11.1 Å². The van der Waals surface area contributed by atoms with E-state index in [-0.39, 0.29) is 18.7 Å². The van der Waals surface area contributed by atoms with Crippen LogP contribution in [0.5, 0.6) is 0 Å². The van der Waals surface area contributed by atoms with Gasteiger partial charge in [-0.2, -0.15) is 0 Å². The van der Waals surface area contributed by atoms with Gasteiger partial charge in [-0.05, 0) is 12.8 Å². The average molecular weight is 214 g/mol. The van der Waals surface area contributed by atoms with Crippen LogP contribution in [-0.4, -0.2) is 29.1 Å². The third-order valence-electron chi connectivity index (χ3n) is 2.83. The van der Waals surface area contributed by atoms with Crippen molar-refractivity contribution in [2.24, 2.45) is 5.73 Å². The van der Waals surface area contributed by atoms with Crippen LogP contribution in [0.25, 0.3) is 0 Å². The summed E-state index contributed by atoms with van der Waals surface area (Å²) in [6.07, 6.45) is 3.77. The van der Waals surface area contributed by atoms with Crippen LogP contribution in [0.3, 0.4) is 0 Å². The van der Waals surface area contributed by atoms with Gasteiger partial charge < -0.3 is 16.2 Å². The van der Waals surface area contributed by atoms with Crippen molar-refractivity contribution in [2.45, 2.75) is 44.1 Å². The molecule has 4 N–H and O–H groups in total. The SMILES string of the molecule is NCCC(=O)NC1(CC(=O)O)CCCC1. The van der Waals surface area contributed by atoms with Crippen molar-refractivity contribution in [3.05, 3.63) is 0 Å². The fourth-order valence-corrected chi connectivity index (χ4v) is 2.18. The first-order valence-corrected chi connectivity index (χ1v) is 5.31. The molecule has 0 aliphatic heterocycles. The molecule has 0 atom stereocenters. The van der Waals surface area contributed by atoms with Gasteiger partial charge in [0.1, 0.15) is 0 Å². The van der Waals surface area contributed by atoms with Crippen LogP contribution in [0.4, 0.5) is 0 Å². The van der Waals surface area contributed by atoms with E-state index in [1.165, 1.54) is 0 Å². The smallest absolute Gasteiger partial charge is 0.305 e. The second kappa shape index (κ2) is 5.11. The van der Waals surface area contributed by atoms with Crippen LogP contribution in [0.15, 0.2) is 0 Å². The Kier molecular flexibility index (Phi) is 4.08. The molecule has 1 aliphatic carbocycles. The van der Waals surface area contributed by atoms with Crippen molar-refractivity contribution in [1.29, 1.82) is 0 Å². The molecule has 0 bridgehead atoms. The lowest BCUT2D eigenvalue weighted by molar-refractivity contribution is -0.139. The highest BCUT2D eigenvalue weighted by molar-refractivity contribution is 5.78. The van der Waals surface area contributed by atoms with E-state index in [0.29, 0.717) is 6.54 Å². The number of aliphatic carboxylic acids is 1. The fourth-order valence-electron chi connectivity index (χ4n) is 2.18. The molecule has 0 aromatic rings. The molecule has 0 saturated heterocycles. The minimum absolute atomic E-state index is 0.0172. The van der Waals surface area contributed by atoms with E-state index in [1.54, 1.807) is 0 Å². The topological polar surface area (TPSA) is 92.4 Å². The third kappa shape index (κ3) is 3.51. The summed E-state index contributed by atoms with van der Waals surface area (Å²) in [6.45, 7) is 0.301. The summed E-state index contributed by atoms with van der Waals surface area (Å²) < 4.78 is 0. The van der Waals surface area contributed by atoms with Gasteiger partial charge in [0.2, 0.25) is 5.91 Å². The van der Waals surface area contributed by atoms with E-state index < -0.39 is 11.5 Å². The molecule has 0 radical (unpaired) electrons. The number of nitrogens with one attached hydrogen (secondary N) is 1. The average Bonchev–Trinajstić information content (AvgIpc) is 2.51. The molecule has 0 aromatic carbocycles. The Morgan fingerprint density at radius 1 is 1.33 bits per heavy atom. The fraction of sp³-hybridized carbons (Fsp3) is 0.800. The van der Waals surface area contributed by atoms with Crippen molar-refractivity contribution < 1.29 is 14.7 Å². The van der Waals surface area contributed by atoms with E-state index in [0.717, 1.165) is 25.7 Å². The normalized spacial score (nSPS) is 18.7. The number of rotatable bonds is 5. The summed E-state index contributed by atoms with van der Waals surface area (Å²) in [6, 6.07) is 0. The second-order valence-corrected chi connectivity index (χ2v) is 4.14. The maximum atomic E-state index is 11.4. The molecule has 1 amide bonds. The van der Waals surface area contributed by atoms with Gasteiger partial charge in [0.15, 0.2) is 0 Å². The van der Waals surface area contributed by atoms with Gasteiger partial charge in [-0.25, -0.2) is 0 Å². The monoisotopic (exact) mass is 214 g/mol. The standard InChI is InChI=1S/C10H18N2O3/c11-6-3-8(13)12-10(7-9(14)15)4-1-2-5-10/h1-7,11H2,(H,12,13)(H,14,15). The summed E-state index contributed by atoms with van der Waals surface area (Å²) in [5.74, 6) is -0.995. The first-order chi connectivity index (χ1) is 7.08. The van der Waals surface area contributed by atoms with E-state index in [2.05, 4.69) is 5.32 Å². The van der Waals surface area contributed by atoms with Gasteiger partial charge in [-0.3, -0.25) is 9.59 Å². The van der Waals surface area contributed by atoms with Gasteiger partial charge in [-0.1, -0.05) is 12.8 Å². The number of carboxylic acid groups (broad SMARTS) is 1. The molecule has 0 heterocycles. The number of hydrogen-bond acceptors (Lipinski definition) is 3. The number of amides is 1. The largest absolute Gasteiger partial charge is 0.481 e. The highest BCUT2D eigenvalue weighted by Gasteiger charge is 2.37. The molecule has 0 spiro atoms. The van der Waals surface area contributed by atoms with Crippen molar-refractivity contribution >= 4 is 11.9 Å². The van der Waals surface area contributed by atoms with Crippen molar-refractivity contribution in [3.63, 3.8) is 0 Å². The Balaban J connectivity index is 2.56. The molecule has 0 unspecified atom stereocenters. The second-order valence-electron chi connectivity index (χ2n) is 4.14. The minimum Gasteiger partial charge on any atom is -0.481 e. The number of nitrogens with two attached hydrogens (primary N) is 1. The molecule has 1 fully saturated rings.